The van der Waals surface area contributed by atoms with Crippen molar-refractivity contribution in [3.63, 3.8) is 0 Å². The Bertz CT molecular complexity index is 1440. The van der Waals surface area contributed by atoms with Crippen molar-refractivity contribution in [2.24, 2.45) is 0 Å². The number of carbonyl (C=O) groups is 2. The standard InChI is InChI=1S/C28H34N8O3/c1-28(2)13-12-23-32-33-25(36(23)28)20-10-7-11-22(30-20)35-15-19-18(26(35)37)14-24(34(4)17-8-5-6-9-17)31-21(19)16-39-27(38)29-3/h7,10-11,14,17H,5-6,8-9,12-13,15-16H2,1-4H3,(H,29,38). The first-order valence-corrected chi connectivity index (χ1v) is 13.6. The molecule has 11 heteroatoms. The summed E-state index contributed by atoms with van der Waals surface area (Å²) in [5.74, 6) is 2.77. The molecule has 0 saturated heterocycles. The molecule has 0 spiro atoms. The van der Waals surface area contributed by atoms with E-state index in [1.165, 1.54) is 19.9 Å². The normalized spacial score (nSPS) is 17.8. The van der Waals surface area contributed by atoms with Crippen molar-refractivity contribution in [1.29, 1.82) is 0 Å². The quantitative estimate of drug-likeness (QED) is 0.511. The van der Waals surface area contributed by atoms with Gasteiger partial charge >= 0.3 is 6.09 Å². The summed E-state index contributed by atoms with van der Waals surface area (Å²) in [7, 11) is 3.54. The summed E-state index contributed by atoms with van der Waals surface area (Å²) in [4.78, 5) is 39.2. The minimum absolute atomic E-state index is 0.0239. The second-order valence-corrected chi connectivity index (χ2v) is 11.2. The number of aryl methyl sites for hydroxylation is 1. The molecule has 0 aromatic carbocycles. The van der Waals surface area contributed by atoms with Crippen LogP contribution in [-0.4, -0.2) is 56.9 Å². The maximum Gasteiger partial charge on any atom is 0.407 e. The monoisotopic (exact) mass is 530 g/mol. The van der Waals surface area contributed by atoms with E-state index in [-0.39, 0.29) is 18.1 Å². The number of amides is 2. The number of aromatic nitrogens is 5. The molecule has 0 bridgehead atoms. The number of hydrogen-bond donors (Lipinski definition) is 1. The molecule has 2 aliphatic heterocycles. The molecule has 6 rings (SSSR count). The Labute approximate surface area is 227 Å². The van der Waals surface area contributed by atoms with E-state index >= 15 is 0 Å². The number of ether oxygens (including phenoxy) is 1. The number of nitrogens with one attached hydrogen (secondary N) is 1. The van der Waals surface area contributed by atoms with Gasteiger partial charge in [-0.3, -0.25) is 9.69 Å². The lowest BCUT2D eigenvalue weighted by atomic mass is 10.0. The number of carbonyl (C=O) groups excluding carboxylic acids is 2. The van der Waals surface area contributed by atoms with Crippen LogP contribution in [0.1, 0.15) is 73.4 Å². The molecule has 0 atom stereocenters. The topological polar surface area (TPSA) is 118 Å². The second kappa shape index (κ2) is 9.62. The first-order valence-electron chi connectivity index (χ1n) is 13.6. The molecule has 3 aliphatic rings. The highest BCUT2D eigenvalue weighted by atomic mass is 16.5. The summed E-state index contributed by atoms with van der Waals surface area (Å²) in [5, 5.41) is 11.3. The van der Waals surface area contributed by atoms with Crippen LogP contribution < -0.4 is 15.1 Å². The molecule has 3 aromatic heterocycles. The summed E-state index contributed by atoms with van der Waals surface area (Å²) in [6.07, 6.45) is 5.90. The van der Waals surface area contributed by atoms with Crippen LogP contribution in [0, 0.1) is 0 Å². The predicted octanol–water partition coefficient (Wildman–Crippen LogP) is 3.81. The first-order chi connectivity index (χ1) is 18.8. The number of nitrogens with zero attached hydrogens (tertiary/aromatic N) is 7. The van der Waals surface area contributed by atoms with Crippen LogP contribution in [0.2, 0.25) is 0 Å². The van der Waals surface area contributed by atoms with Crippen molar-refractivity contribution in [3.8, 4) is 11.5 Å². The molecular weight excluding hydrogens is 496 g/mol. The van der Waals surface area contributed by atoms with Gasteiger partial charge in [-0.25, -0.2) is 14.8 Å². The number of pyridine rings is 2. The van der Waals surface area contributed by atoms with E-state index in [0.29, 0.717) is 47.0 Å². The third-order valence-electron chi connectivity index (χ3n) is 8.30. The fraction of sp³-hybridized carbons (Fsp3) is 0.500. The van der Waals surface area contributed by atoms with E-state index in [4.69, 9.17) is 14.7 Å². The Morgan fingerprint density at radius 1 is 1.21 bits per heavy atom. The van der Waals surface area contributed by atoms with Crippen molar-refractivity contribution < 1.29 is 14.3 Å². The predicted molar refractivity (Wildman–Crippen MR) is 146 cm³/mol. The second-order valence-electron chi connectivity index (χ2n) is 11.2. The fourth-order valence-electron chi connectivity index (χ4n) is 6.03. The number of alkyl carbamates (subject to hydrolysis) is 1. The Morgan fingerprint density at radius 3 is 2.77 bits per heavy atom. The number of fused-ring (bicyclic) bond motifs is 2. The van der Waals surface area contributed by atoms with Crippen LogP contribution >= 0.6 is 0 Å². The highest BCUT2D eigenvalue weighted by Gasteiger charge is 2.36. The molecular formula is C28H34N8O3. The molecule has 0 unspecified atom stereocenters. The minimum atomic E-state index is -0.542. The summed E-state index contributed by atoms with van der Waals surface area (Å²) >= 11 is 0. The third-order valence-corrected chi connectivity index (χ3v) is 8.30. The lowest BCUT2D eigenvalue weighted by molar-refractivity contribution is 0.0996. The van der Waals surface area contributed by atoms with Gasteiger partial charge in [0.25, 0.3) is 5.91 Å². The molecule has 3 aromatic rings. The summed E-state index contributed by atoms with van der Waals surface area (Å²) in [6.45, 7) is 4.62. The molecule has 0 radical (unpaired) electrons. The Balaban J connectivity index is 1.35. The molecule has 204 valence electrons. The van der Waals surface area contributed by atoms with Crippen LogP contribution in [0.5, 0.6) is 0 Å². The molecule has 1 aliphatic carbocycles. The van der Waals surface area contributed by atoms with Crippen LogP contribution in [-0.2, 0) is 29.8 Å². The molecule has 11 nitrogen and oxygen atoms in total. The van der Waals surface area contributed by atoms with Crippen LogP contribution in [0.15, 0.2) is 24.3 Å². The SMILES string of the molecule is CNC(=O)OCc1nc(N(C)C2CCCC2)cc2c1CN(c1cccc(-c3nnc4n3C(C)(C)CC4)n1)C2=O. The average Bonchev–Trinajstić information content (AvgIpc) is 3.73. The van der Waals surface area contributed by atoms with Crippen molar-refractivity contribution in [2.75, 3.05) is 23.9 Å². The van der Waals surface area contributed by atoms with Crippen LogP contribution in [0.4, 0.5) is 16.4 Å². The number of hydrogen-bond acceptors (Lipinski definition) is 8. The van der Waals surface area contributed by atoms with Gasteiger partial charge in [0.05, 0.1) is 17.8 Å². The lowest BCUT2D eigenvalue weighted by Gasteiger charge is -2.26. The molecule has 1 saturated carbocycles. The first kappa shape index (κ1) is 25.3. The smallest absolute Gasteiger partial charge is 0.407 e. The Morgan fingerprint density at radius 2 is 2.00 bits per heavy atom. The highest BCUT2D eigenvalue weighted by Crippen LogP contribution is 2.37. The molecule has 5 heterocycles. The number of anilines is 2. The van der Waals surface area contributed by atoms with E-state index in [1.54, 1.807) is 4.90 Å². The Kier molecular flexibility index (Phi) is 6.23. The van der Waals surface area contributed by atoms with Crippen LogP contribution in [0.25, 0.3) is 11.5 Å². The zero-order valence-electron chi connectivity index (χ0n) is 22.9. The number of rotatable bonds is 6. The van der Waals surface area contributed by atoms with Gasteiger partial charge < -0.3 is 19.5 Å². The van der Waals surface area contributed by atoms with Crippen molar-refractivity contribution >= 4 is 23.6 Å². The maximum absolute atomic E-state index is 13.8. The van der Waals surface area contributed by atoms with Gasteiger partial charge in [0.15, 0.2) is 5.82 Å². The minimum Gasteiger partial charge on any atom is -0.443 e. The zero-order chi connectivity index (χ0) is 27.3. The largest absolute Gasteiger partial charge is 0.443 e. The molecule has 1 N–H and O–H groups in total. The fourth-order valence-corrected chi connectivity index (χ4v) is 6.03. The molecule has 39 heavy (non-hydrogen) atoms. The van der Waals surface area contributed by atoms with Gasteiger partial charge in [0.2, 0.25) is 0 Å². The highest BCUT2D eigenvalue weighted by molar-refractivity contribution is 6.10. The van der Waals surface area contributed by atoms with E-state index in [2.05, 4.69) is 38.8 Å². The molecule has 1 fully saturated rings. The van der Waals surface area contributed by atoms with E-state index in [9.17, 15) is 9.59 Å². The lowest BCUT2D eigenvalue weighted by Crippen LogP contribution is -2.30. The van der Waals surface area contributed by atoms with Crippen LogP contribution in [0.3, 0.4) is 0 Å². The summed E-state index contributed by atoms with van der Waals surface area (Å²) in [6, 6.07) is 7.88. The van der Waals surface area contributed by atoms with Gasteiger partial charge in [-0.1, -0.05) is 18.9 Å². The van der Waals surface area contributed by atoms with E-state index in [1.807, 2.05) is 31.3 Å². The van der Waals surface area contributed by atoms with E-state index in [0.717, 1.165) is 37.1 Å². The zero-order valence-corrected chi connectivity index (χ0v) is 22.9. The summed E-state index contributed by atoms with van der Waals surface area (Å²) in [5.41, 5.74) is 2.48. The average molecular weight is 531 g/mol. The van der Waals surface area contributed by atoms with Gasteiger partial charge in [0, 0.05) is 37.7 Å². The van der Waals surface area contributed by atoms with Gasteiger partial charge in [-0.2, -0.15) is 0 Å². The summed E-state index contributed by atoms with van der Waals surface area (Å²) < 4.78 is 7.53. The third kappa shape index (κ3) is 4.39. The molecule has 2 amide bonds. The van der Waals surface area contributed by atoms with Crippen molar-refractivity contribution in [1.82, 2.24) is 30.0 Å². The van der Waals surface area contributed by atoms with E-state index < -0.39 is 6.09 Å². The maximum atomic E-state index is 13.8. The van der Waals surface area contributed by atoms with Gasteiger partial charge in [-0.15, -0.1) is 10.2 Å². The van der Waals surface area contributed by atoms with Gasteiger partial charge in [-0.05, 0) is 51.3 Å². The van der Waals surface area contributed by atoms with Crippen molar-refractivity contribution in [2.45, 2.75) is 77.1 Å². The van der Waals surface area contributed by atoms with Crippen molar-refractivity contribution in [3.05, 3.63) is 46.9 Å². The Hall–Kier alpha value is -4.02. The van der Waals surface area contributed by atoms with Gasteiger partial charge in [0.1, 0.15) is 29.8 Å².